The Balaban J connectivity index is 1.20. The Hall–Kier alpha value is -5.05. The number of carbonyl (C=O) groups is 3. The summed E-state index contributed by atoms with van der Waals surface area (Å²) in [5.41, 5.74) is 3.76. The lowest BCUT2D eigenvalue weighted by Crippen LogP contribution is -2.37. The van der Waals surface area contributed by atoms with Crippen molar-refractivity contribution in [2.45, 2.75) is 44.4 Å². The molecule has 0 radical (unpaired) electrons. The summed E-state index contributed by atoms with van der Waals surface area (Å²) >= 11 is 0. The summed E-state index contributed by atoms with van der Waals surface area (Å²) in [5, 5.41) is 18.0. The third-order valence-electron chi connectivity index (χ3n) is 7.69. The van der Waals surface area contributed by atoms with Crippen molar-refractivity contribution in [1.29, 1.82) is 5.26 Å². The van der Waals surface area contributed by atoms with Gasteiger partial charge in [-0.25, -0.2) is 9.48 Å². The third-order valence-corrected chi connectivity index (χ3v) is 7.69. The van der Waals surface area contributed by atoms with Gasteiger partial charge in [-0.2, -0.15) is 5.26 Å². The Kier molecular flexibility index (Phi) is 6.06. The molecule has 3 aromatic rings. The quantitative estimate of drug-likeness (QED) is 0.431. The molecule has 0 spiro atoms. The second-order valence-electron chi connectivity index (χ2n) is 10.1. The van der Waals surface area contributed by atoms with Crippen molar-refractivity contribution in [3.63, 3.8) is 0 Å². The highest BCUT2D eigenvalue weighted by molar-refractivity contribution is 5.94. The summed E-state index contributed by atoms with van der Waals surface area (Å²) in [6, 6.07) is 11.8. The van der Waals surface area contributed by atoms with Crippen molar-refractivity contribution in [2.24, 2.45) is 0 Å². The lowest BCUT2D eigenvalue weighted by molar-refractivity contribution is -0.149. The van der Waals surface area contributed by atoms with E-state index < -0.39 is 17.3 Å². The van der Waals surface area contributed by atoms with Crippen LogP contribution in [-0.2, 0) is 37.4 Å². The summed E-state index contributed by atoms with van der Waals surface area (Å²) in [5.74, 6) is -0.954. The number of nitrogens with zero attached hydrogens (tertiary/aromatic N) is 7. The Morgan fingerprint density at radius 2 is 2.08 bits per heavy atom. The SMILES string of the molecule is CC(=O)OCC(=O)N1C=C(C)C(C#N)(c2ccc(-c3ccc4c(c3)C[C@H]3C(Cn5ccnn5)OC(=O)N43)cn2)C1. The second-order valence-corrected chi connectivity index (χ2v) is 10.1. The molecule has 3 aliphatic rings. The van der Waals surface area contributed by atoms with Crippen LogP contribution in [0.5, 0.6) is 0 Å². The Morgan fingerprint density at radius 3 is 2.77 bits per heavy atom. The number of ether oxygens (including phenoxy) is 2. The maximum absolute atomic E-state index is 12.7. The van der Waals surface area contributed by atoms with Crippen molar-refractivity contribution in [3.8, 4) is 17.2 Å². The van der Waals surface area contributed by atoms with Crippen molar-refractivity contribution < 1.29 is 23.9 Å². The average Bonchev–Trinajstić information content (AvgIpc) is 3.73. The Labute approximate surface area is 229 Å². The maximum atomic E-state index is 12.7. The van der Waals surface area contributed by atoms with E-state index in [0.717, 1.165) is 22.4 Å². The highest BCUT2D eigenvalue weighted by atomic mass is 16.6. The highest BCUT2D eigenvalue weighted by Gasteiger charge is 2.48. The monoisotopic (exact) mass is 539 g/mol. The van der Waals surface area contributed by atoms with Gasteiger partial charge in [0, 0.05) is 31.1 Å². The van der Waals surface area contributed by atoms with Crippen LogP contribution in [0.1, 0.15) is 25.1 Å². The predicted molar refractivity (Wildman–Crippen MR) is 139 cm³/mol. The minimum atomic E-state index is -1.10. The van der Waals surface area contributed by atoms with E-state index in [1.54, 1.807) is 47.4 Å². The molecule has 12 heteroatoms. The number of cyclic esters (lactones) is 1. The van der Waals surface area contributed by atoms with E-state index in [-0.39, 0.29) is 31.4 Å². The summed E-state index contributed by atoms with van der Waals surface area (Å²) in [6.07, 6.45) is 6.60. The number of amides is 2. The van der Waals surface area contributed by atoms with E-state index >= 15 is 0 Å². The van der Waals surface area contributed by atoms with Gasteiger partial charge < -0.3 is 14.4 Å². The van der Waals surface area contributed by atoms with E-state index in [2.05, 4.69) is 27.4 Å². The molecule has 1 saturated heterocycles. The van der Waals surface area contributed by atoms with Gasteiger partial charge in [-0.15, -0.1) is 5.10 Å². The summed E-state index contributed by atoms with van der Waals surface area (Å²) in [6.45, 7) is 3.15. The predicted octanol–water partition coefficient (Wildman–Crippen LogP) is 2.36. The lowest BCUT2D eigenvalue weighted by Gasteiger charge is -2.24. The number of aromatic nitrogens is 4. The van der Waals surface area contributed by atoms with Gasteiger partial charge in [0.2, 0.25) is 0 Å². The number of hydrogen-bond acceptors (Lipinski definition) is 9. The first-order chi connectivity index (χ1) is 19.3. The van der Waals surface area contributed by atoms with Crippen molar-refractivity contribution in [2.75, 3.05) is 18.1 Å². The molecule has 0 saturated carbocycles. The fraction of sp³-hybridized carbons (Fsp3) is 0.321. The van der Waals surface area contributed by atoms with E-state index in [0.29, 0.717) is 24.2 Å². The molecular formula is C28H25N7O5. The number of rotatable bonds is 6. The average molecular weight is 540 g/mol. The molecule has 3 atom stereocenters. The summed E-state index contributed by atoms with van der Waals surface area (Å²) in [4.78, 5) is 44.0. The zero-order chi connectivity index (χ0) is 28.0. The normalized spacial score (nSPS) is 22.8. The van der Waals surface area contributed by atoms with Crippen LogP contribution in [0, 0.1) is 11.3 Å². The molecule has 3 aliphatic heterocycles. The molecule has 2 amide bonds. The fourth-order valence-corrected chi connectivity index (χ4v) is 5.59. The van der Waals surface area contributed by atoms with Gasteiger partial charge in [0.25, 0.3) is 5.91 Å². The van der Waals surface area contributed by atoms with Crippen LogP contribution in [0.25, 0.3) is 11.1 Å². The highest BCUT2D eigenvalue weighted by Crippen LogP contribution is 2.41. The van der Waals surface area contributed by atoms with Crippen molar-refractivity contribution in [3.05, 3.63) is 72.0 Å². The van der Waals surface area contributed by atoms with Crippen LogP contribution >= 0.6 is 0 Å². The van der Waals surface area contributed by atoms with Gasteiger partial charge in [-0.1, -0.05) is 17.3 Å². The van der Waals surface area contributed by atoms with Crippen molar-refractivity contribution >= 4 is 23.7 Å². The van der Waals surface area contributed by atoms with Crippen LogP contribution in [0.3, 0.4) is 0 Å². The number of esters is 1. The van der Waals surface area contributed by atoms with Gasteiger partial charge in [-0.3, -0.25) is 19.5 Å². The first-order valence-electron chi connectivity index (χ1n) is 12.8. The molecule has 202 valence electrons. The van der Waals surface area contributed by atoms with Crippen LogP contribution in [-0.4, -0.2) is 68.1 Å². The van der Waals surface area contributed by atoms with E-state index in [9.17, 15) is 19.6 Å². The van der Waals surface area contributed by atoms with Gasteiger partial charge >= 0.3 is 12.1 Å². The number of carbonyl (C=O) groups excluding carboxylic acids is 3. The molecule has 0 aliphatic carbocycles. The van der Waals surface area contributed by atoms with Crippen LogP contribution in [0.4, 0.5) is 10.5 Å². The molecule has 2 unspecified atom stereocenters. The van der Waals surface area contributed by atoms with E-state index in [1.807, 2.05) is 18.2 Å². The summed E-state index contributed by atoms with van der Waals surface area (Å²) < 4.78 is 12.1. The number of hydrogen-bond donors (Lipinski definition) is 0. The first kappa shape index (κ1) is 25.2. The van der Waals surface area contributed by atoms with Gasteiger partial charge in [0.15, 0.2) is 6.61 Å². The van der Waals surface area contributed by atoms with Crippen LogP contribution in [0.2, 0.25) is 0 Å². The van der Waals surface area contributed by atoms with Gasteiger partial charge in [-0.05, 0) is 48.2 Å². The number of fused-ring (bicyclic) bond motifs is 3. The number of benzene rings is 1. The van der Waals surface area contributed by atoms with Gasteiger partial charge in [0.1, 0.15) is 11.5 Å². The van der Waals surface area contributed by atoms with Gasteiger partial charge in [0.05, 0.1) is 42.8 Å². The van der Waals surface area contributed by atoms with Crippen LogP contribution in [0.15, 0.2) is 60.7 Å². The first-order valence-corrected chi connectivity index (χ1v) is 12.8. The molecule has 1 aromatic carbocycles. The minimum absolute atomic E-state index is 0.0870. The topological polar surface area (TPSA) is 144 Å². The number of anilines is 1. The fourth-order valence-electron chi connectivity index (χ4n) is 5.59. The number of pyridine rings is 1. The third kappa shape index (κ3) is 4.16. The standard InChI is InChI=1S/C28H25N7O5/c1-17-12-33(26(37)14-39-18(2)36)16-28(17,15-29)25-6-4-20(11-30-25)19-3-5-22-21(9-19)10-23-24(40-27(38)35(22)23)13-34-8-7-31-32-34/h3-9,11-12,23-24H,10,13-14,16H2,1-2H3/t23-,24?,28?/m0/s1. The van der Waals surface area contributed by atoms with Crippen LogP contribution < -0.4 is 4.90 Å². The number of nitriles is 1. The molecule has 6 rings (SSSR count). The minimum Gasteiger partial charge on any atom is -0.456 e. The molecule has 2 aromatic heterocycles. The zero-order valence-electron chi connectivity index (χ0n) is 21.9. The van der Waals surface area contributed by atoms with E-state index in [1.165, 1.54) is 11.8 Å². The maximum Gasteiger partial charge on any atom is 0.415 e. The summed E-state index contributed by atoms with van der Waals surface area (Å²) in [7, 11) is 0. The molecule has 40 heavy (non-hydrogen) atoms. The molecule has 0 N–H and O–H groups in total. The molecule has 1 fully saturated rings. The smallest absolute Gasteiger partial charge is 0.415 e. The zero-order valence-corrected chi connectivity index (χ0v) is 21.9. The second kappa shape index (κ2) is 9.60. The molecular weight excluding hydrogens is 514 g/mol. The van der Waals surface area contributed by atoms with E-state index in [4.69, 9.17) is 9.47 Å². The largest absolute Gasteiger partial charge is 0.456 e. The molecule has 0 bridgehead atoms. The Morgan fingerprint density at radius 1 is 1.25 bits per heavy atom. The molecule has 5 heterocycles. The Bertz CT molecular complexity index is 1580. The molecule has 12 nitrogen and oxygen atoms in total. The van der Waals surface area contributed by atoms with Crippen molar-refractivity contribution in [1.82, 2.24) is 24.9 Å². The lowest BCUT2D eigenvalue weighted by atomic mass is 9.80.